The molecular weight excluding hydrogens is 361 g/mol. The summed E-state index contributed by atoms with van der Waals surface area (Å²) in [5.74, 6) is 2.11. The molecule has 1 aromatic rings. The summed E-state index contributed by atoms with van der Waals surface area (Å²) in [6.07, 6.45) is 9.44. The van der Waals surface area contributed by atoms with E-state index < -0.39 is 0 Å². The lowest BCUT2D eigenvalue weighted by molar-refractivity contribution is 0.236. The molecule has 0 bridgehead atoms. The highest BCUT2D eigenvalue weighted by Crippen LogP contribution is 2.35. The van der Waals surface area contributed by atoms with Crippen LogP contribution in [-0.2, 0) is 0 Å². The van der Waals surface area contributed by atoms with Crippen molar-refractivity contribution in [2.75, 3.05) is 17.7 Å². The van der Waals surface area contributed by atoms with E-state index in [-0.39, 0.29) is 43.5 Å². The van der Waals surface area contributed by atoms with E-state index in [1.807, 2.05) is 6.07 Å². The lowest BCUT2D eigenvalue weighted by Crippen LogP contribution is -2.35. The minimum absolute atomic E-state index is 0. The molecule has 1 heterocycles. The predicted octanol–water partition coefficient (Wildman–Crippen LogP) is 2.85. The molecule has 0 aliphatic heterocycles. The highest BCUT2D eigenvalue weighted by atomic mass is 35.5. The highest BCUT2D eigenvalue weighted by molar-refractivity contribution is 5.85. The second-order valence-electron chi connectivity index (χ2n) is 7.23. The molecule has 6 nitrogen and oxygen atoms in total. The topological polar surface area (TPSA) is 110 Å². The first-order valence-electron chi connectivity index (χ1n) is 8.91. The third-order valence-corrected chi connectivity index (χ3v) is 5.27. The first kappa shape index (κ1) is 22.2. The third kappa shape index (κ3) is 6.13. The highest BCUT2D eigenvalue weighted by Gasteiger charge is 2.29. The van der Waals surface area contributed by atoms with Crippen LogP contribution in [0.15, 0.2) is 6.07 Å². The van der Waals surface area contributed by atoms with Crippen molar-refractivity contribution in [1.82, 2.24) is 9.97 Å². The molecule has 0 amide bonds. The zero-order valence-electron chi connectivity index (χ0n) is 14.6. The zero-order chi connectivity index (χ0) is 16.2. The Morgan fingerprint density at radius 3 is 2.44 bits per heavy atom. The molecular formula is C17H31Cl2N5O. The van der Waals surface area contributed by atoms with Crippen LogP contribution in [0.2, 0.25) is 0 Å². The van der Waals surface area contributed by atoms with Gasteiger partial charge in [-0.25, -0.2) is 4.98 Å². The molecule has 3 rings (SSSR count). The third-order valence-electron chi connectivity index (χ3n) is 5.27. The molecule has 25 heavy (non-hydrogen) atoms. The first-order valence-corrected chi connectivity index (χ1v) is 8.91. The van der Waals surface area contributed by atoms with Crippen molar-refractivity contribution < 1.29 is 5.11 Å². The Balaban J connectivity index is 0.00000156. The maximum Gasteiger partial charge on any atom is 0.222 e. The van der Waals surface area contributed by atoms with Gasteiger partial charge in [0.2, 0.25) is 5.95 Å². The van der Waals surface area contributed by atoms with Gasteiger partial charge in [-0.3, -0.25) is 0 Å². The molecule has 0 radical (unpaired) electrons. The Hall–Kier alpha value is -0.820. The molecule has 1 atom stereocenters. The average molecular weight is 392 g/mol. The van der Waals surface area contributed by atoms with Gasteiger partial charge in [-0.15, -0.1) is 24.8 Å². The van der Waals surface area contributed by atoms with Gasteiger partial charge in [0.1, 0.15) is 5.82 Å². The van der Waals surface area contributed by atoms with Crippen LogP contribution < -0.4 is 16.8 Å². The Morgan fingerprint density at radius 2 is 1.84 bits per heavy atom. The van der Waals surface area contributed by atoms with E-state index >= 15 is 0 Å². The Labute approximate surface area is 162 Å². The van der Waals surface area contributed by atoms with Gasteiger partial charge in [0.25, 0.3) is 0 Å². The minimum atomic E-state index is 0. The van der Waals surface area contributed by atoms with Crippen LogP contribution in [0.1, 0.15) is 63.0 Å². The monoisotopic (exact) mass is 391 g/mol. The fourth-order valence-corrected chi connectivity index (χ4v) is 3.89. The van der Waals surface area contributed by atoms with Crippen LogP contribution in [-0.4, -0.2) is 33.8 Å². The molecule has 6 N–H and O–H groups in total. The van der Waals surface area contributed by atoms with Crippen molar-refractivity contribution in [3.8, 4) is 0 Å². The standard InChI is InChI=1S/C17H29N5O.2ClH/c18-13-7-12(8-13)15-9-16(22-17(19)21-15)20-14(10-23)6-11-4-2-1-3-5-11;;/h9,11-14,23H,1-8,10,18H2,(H3,19,20,21,22);2*1H/t12?,13?,14-;;/m0../s1. The number of aliphatic hydroxyl groups is 1. The van der Waals surface area contributed by atoms with Gasteiger partial charge in [0.15, 0.2) is 0 Å². The van der Waals surface area contributed by atoms with E-state index in [4.69, 9.17) is 11.5 Å². The minimum Gasteiger partial charge on any atom is -0.394 e. The van der Waals surface area contributed by atoms with E-state index in [1.54, 1.807) is 0 Å². The molecule has 2 aliphatic carbocycles. The number of nitrogens with zero attached hydrogens (tertiary/aromatic N) is 2. The smallest absolute Gasteiger partial charge is 0.222 e. The number of anilines is 2. The van der Waals surface area contributed by atoms with Crippen molar-refractivity contribution >= 4 is 36.6 Å². The lowest BCUT2D eigenvalue weighted by atomic mass is 9.78. The molecule has 0 saturated heterocycles. The molecule has 8 heteroatoms. The normalized spacial score (nSPS) is 24.4. The second-order valence-corrected chi connectivity index (χ2v) is 7.23. The van der Waals surface area contributed by atoms with Gasteiger partial charge in [-0.2, -0.15) is 4.98 Å². The van der Waals surface area contributed by atoms with Crippen LogP contribution >= 0.6 is 24.8 Å². The van der Waals surface area contributed by atoms with Crippen LogP contribution in [0, 0.1) is 5.92 Å². The SMILES string of the molecule is Cl.Cl.Nc1nc(N[C@H](CO)CC2CCCCC2)cc(C2CC(N)C2)n1. The lowest BCUT2D eigenvalue weighted by Gasteiger charge is -2.32. The van der Waals surface area contributed by atoms with Crippen LogP contribution in [0.4, 0.5) is 11.8 Å². The van der Waals surface area contributed by atoms with Crippen molar-refractivity contribution in [2.45, 2.75) is 69.4 Å². The number of nitrogen functional groups attached to an aromatic ring is 1. The van der Waals surface area contributed by atoms with Gasteiger partial charge >= 0.3 is 0 Å². The molecule has 2 aliphatic rings. The summed E-state index contributed by atoms with van der Waals surface area (Å²) < 4.78 is 0. The molecule has 0 spiro atoms. The van der Waals surface area contributed by atoms with E-state index in [9.17, 15) is 5.11 Å². The zero-order valence-corrected chi connectivity index (χ0v) is 16.2. The summed E-state index contributed by atoms with van der Waals surface area (Å²) in [7, 11) is 0. The number of nitrogens with one attached hydrogen (secondary N) is 1. The maximum absolute atomic E-state index is 9.70. The second kappa shape index (κ2) is 10.4. The maximum atomic E-state index is 9.70. The van der Waals surface area contributed by atoms with Crippen LogP contribution in [0.3, 0.4) is 0 Å². The molecule has 2 fully saturated rings. The van der Waals surface area contributed by atoms with Gasteiger partial charge in [0, 0.05) is 18.0 Å². The fourth-order valence-electron chi connectivity index (χ4n) is 3.89. The van der Waals surface area contributed by atoms with Crippen LogP contribution in [0.5, 0.6) is 0 Å². The molecule has 1 aromatic heterocycles. The summed E-state index contributed by atoms with van der Waals surface area (Å²) in [5.41, 5.74) is 12.7. The van der Waals surface area contributed by atoms with Gasteiger partial charge < -0.3 is 21.9 Å². The summed E-state index contributed by atoms with van der Waals surface area (Å²) in [6, 6.07) is 2.28. The quantitative estimate of drug-likeness (QED) is 0.593. The van der Waals surface area contributed by atoms with E-state index in [0.717, 1.165) is 30.8 Å². The van der Waals surface area contributed by atoms with Crippen molar-refractivity contribution in [3.05, 3.63) is 11.8 Å². The van der Waals surface area contributed by atoms with Crippen molar-refractivity contribution in [1.29, 1.82) is 0 Å². The fraction of sp³-hybridized carbons (Fsp3) is 0.765. The molecule has 144 valence electrons. The summed E-state index contributed by atoms with van der Waals surface area (Å²) in [4.78, 5) is 8.64. The number of nitrogens with two attached hydrogens (primary N) is 2. The van der Waals surface area contributed by atoms with E-state index in [2.05, 4.69) is 15.3 Å². The number of aliphatic hydroxyl groups excluding tert-OH is 1. The average Bonchev–Trinajstić information content (AvgIpc) is 2.51. The Bertz CT molecular complexity index is 522. The predicted molar refractivity (Wildman–Crippen MR) is 107 cm³/mol. The number of rotatable bonds is 6. The Morgan fingerprint density at radius 1 is 1.16 bits per heavy atom. The molecule has 2 saturated carbocycles. The summed E-state index contributed by atoms with van der Waals surface area (Å²) >= 11 is 0. The largest absolute Gasteiger partial charge is 0.394 e. The van der Waals surface area contributed by atoms with E-state index in [0.29, 0.717) is 17.8 Å². The van der Waals surface area contributed by atoms with Crippen LogP contribution in [0.25, 0.3) is 0 Å². The van der Waals surface area contributed by atoms with Gasteiger partial charge in [0.05, 0.1) is 18.3 Å². The number of halogens is 2. The van der Waals surface area contributed by atoms with Gasteiger partial charge in [-0.1, -0.05) is 32.1 Å². The van der Waals surface area contributed by atoms with E-state index in [1.165, 1.54) is 32.1 Å². The van der Waals surface area contributed by atoms with Gasteiger partial charge in [-0.05, 0) is 25.2 Å². The summed E-state index contributed by atoms with van der Waals surface area (Å²) in [5, 5.41) is 13.1. The number of aromatic nitrogens is 2. The number of hydrogen-bond acceptors (Lipinski definition) is 6. The molecule has 0 unspecified atom stereocenters. The first-order chi connectivity index (χ1) is 11.1. The Kier molecular flexibility index (Phi) is 9.21. The molecule has 0 aromatic carbocycles. The number of hydrogen-bond donors (Lipinski definition) is 4. The van der Waals surface area contributed by atoms with Crippen molar-refractivity contribution in [2.24, 2.45) is 11.7 Å². The summed E-state index contributed by atoms with van der Waals surface area (Å²) in [6.45, 7) is 0.115. The van der Waals surface area contributed by atoms with Crippen molar-refractivity contribution in [3.63, 3.8) is 0 Å².